The number of rotatable bonds is 4. The van der Waals surface area contributed by atoms with Gasteiger partial charge in [-0.3, -0.25) is 0 Å². The summed E-state index contributed by atoms with van der Waals surface area (Å²) in [7, 11) is -3.30. The highest BCUT2D eigenvalue weighted by molar-refractivity contribution is 7.89. The van der Waals surface area contributed by atoms with Gasteiger partial charge in [0.15, 0.2) is 0 Å². The number of piperidine rings is 1. The lowest BCUT2D eigenvalue weighted by Gasteiger charge is -2.31. The molecule has 0 aromatic heterocycles. The summed E-state index contributed by atoms with van der Waals surface area (Å²) in [4.78, 5) is 0.391. The van der Waals surface area contributed by atoms with Gasteiger partial charge in [0.25, 0.3) is 0 Å². The SMILES string of the molecule is NCCC1CCN(S(=O)(=O)c2ccccc2)CC1. The van der Waals surface area contributed by atoms with Gasteiger partial charge in [-0.25, -0.2) is 8.42 Å². The summed E-state index contributed by atoms with van der Waals surface area (Å²) in [6.45, 7) is 1.92. The summed E-state index contributed by atoms with van der Waals surface area (Å²) < 4.78 is 26.3. The third-order valence-electron chi connectivity index (χ3n) is 3.53. The highest BCUT2D eigenvalue weighted by atomic mass is 32.2. The van der Waals surface area contributed by atoms with Crippen LogP contribution in [0.15, 0.2) is 35.2 Å². The molecule has 1 heterocycles. The van der Waals surface area contributed by atoms with E-state index < -0.39 is 10.0 Å². The summed E-state index contributed by atoms with van der Waals surface area (Å²) in [5.41, 5.74) is 5.54. The molecule has 18 heavy (non-hydrogen) atoms. The molecule has 0 spiro atoms. The Balaban J connectivity index is 2.05. The van der Waals surface area contributed by atoms with Gasteiger partial charge in [-0.1, -0.05) is 18.2 Å². The monoisotopic (exact) mass is 268 g/mol. The van der Waals surface area contributed by atoms with Gasteiger partial charge in [0.2, 0.25) is 10.0 Å². The maximum Gasteiger partial charge on any atom is 0.243 e. The minimum atomic E-state index is -3.30. The molecule has 1 aliphatic heterocycles. The van der Waals surface area contributed by atoms with Gasteiger partial charge in [-0.2, -0.15) is 4.31 Å². The van der Waals surface area contributed by atoms with Crippen molar-refractivity contribution in [3.8, 4) is 0 Å². The molecule has 0 amide bonds. The average molecular weight is 268 g/mol. The van der Waals surface area contributed by atoms with Crippen molar-refractivity contribution in [2.75, 3.05) is 19.6 Å². The van der Waals surface area contributed by atoms with E-state index in [2.05, 4.69) is 0 Å². The molecule has 100 valence electrons. The Kier molecular flexibility index (Phi) is 4.37. The summed E-state index contributed by atoms with van der Waals surface area (Å²) >= 11 is 0. The van der Waals surface area contributed by atoms with Gasteiger partial charge < -0.3 is 5.73 Å². The third-order valence-corrected chi connectivity index (χ3v) is 5.44. The molecule has 1 aromatic rings. The van der Waals surface area contributed by atoms with Crippen LogP contribution in [0.2, 0.25) is 0 Å². The Hall–Kier alpha value is -0.910. The first-order valence-electron chi connectivity index (χ1n) is 6.40. The summed E-state index contributed by atoms with van der Waals surface area (Å²) in [6, 6.07) is 8.65. The highest BCUT2D eigenvalue weighted by Gasteiger charge is 2.28. The molecule has 0 aliphatic carbocycles. The number of hydrogen-bond donors (Lipinski definition) is 1. The molecule has 1 aliphatic rings. The summed E-state index contributed by atoms with van der Waals surface area (Å²) in [6.07, 6.45) is 2.84. The molecular formula is C13H20N2O2S. The van der Waals surface area contributed by atoms with Crippen molar-refractivity contribution in [3.63, 3.8) is 0 Å². The second-order valence-corrected chi connectivity index (χ2v) is 6.68. The fourth-order valence-electron chi connectivity index (χ4n) is 2.42. The average Bonchev–Trinajstić information content (AvgIpc) is 2.41. The molecule has 2 N–H and O–H groups in total. The fraction of sp³-hybridized carbons (Fsp3) is 0.538. The van der Waals surface area contributed by atoms with E-state index in [0.29, 0.717) is 30.4 Å². The van der Waals surface area contributed by atoms with E-state index in [9.17, 15) is 8.42 Å². The van der Waals surface area contributed by atoms with E-state index in [4.69, 9.17) is 5.73 Å². The molecule has 4 nitrogen and oxygen atoms in total. The lowest BCUT2D eigenvalue weighted by Crippen LogP contribution is -2.38. The molecule has 1 fully saturated rings. The van der Waals surface area contributed by atoms with Crippen molar-refractivity contribution in [2.24, 2.45) is 11.7 Å². The first-order valence-corrected chi connectivity index (χ1v) is 7.84. The van der Waals surface area contributed by atoms with E-state index in [1.807, 2.05) is 6.07 Å². The predicted molar refractivity (Wildman–Crippen MR) is 71.6 cm³/mol. The standard InChI is InChI=1S/C13H20N2O2S/c14-9-6-12-7-10-15(11-8-12)18(16,17)13-4-2-1-3-5-13/h1-5,12H,6-11,14H2. The number of sulfonamides is 1. The van der Waals surface area contributed by atoms with Crippen LogP contribution in [0.3, 0.4) is 0 Å². The van der Waals surface area contributed by atoms with Crippen LogP contribution in [-0.4, -0.2) is 32.4 Å². The quantitative estimate of drug-likeness (QED) is 0.898. The van der Waals surface area contributed by atoms with Gasteiger partial charge in [0.1, 0.15) is 0 Å². The topological polar surface area (TPSA) is 63.4 Å². The van der Waals surface area contributed by atoms with Crippen LogP contribution in [0.25, 0.3) is 0 Å². The second kappa shape index (κ2) is 5.82. The predicted octanol–water partition coefficient (Wildman–Crippen LogP) is 1.44. The van der Waals surface area contributed by atoms with Gasteiger partial charge >= 0.3 is 0 Å². The summed E-state index contributed by atoms with van der Waals surface area (Å²) in [5, 5.41) is 0. The minimum Gasteiger partial charge on any atom is -0.330 e. The van der Waals surface area contributed by atoms with Crippen molar-refractivity contribution in [1.29, 1.82) is 0 Å². The van der Waals surface area contributed by atoms with Crippen LogP contribution >= 0.6 is 0 Å². The third kappa shape index (κ3) is 2.91. The Labute approximate surface area is 109 Å². The van der Waals surface area contributed by atoms with E-state index >= 15 is 0 Å². The second-order valence-electron chi connectivity index (χ2n) is 4.74. The maximum absolute atomic E-state index is 12.4. The van der Waals surface area contributed by atoms with Crippen LogP contribution in [0, 0.1) is 5.92 Å². The van der Waals surface area contributed by atoms with E-state index in [1.54, 1.807) is 28.6 Å². The molecule has 0 bridgehead atoms. The van der Waals surface area contributed by atoms with Crippen molar-refractivity contribution in [3.05, 3.63) is 30.3 Å². The molecule has 1 aromatic carbocycles. The van der Waals surface area contributed by atoms with E-state index in [1.165, 1.54) is 0 Å². The number of hydrogen-bond acceptors (Lipinski definition) is 3. The zero-order valence-corrected chi connectivity index (χ0v) is 11.3. The first-order chi connectivity index (χ1) is 8.64. The Bertz CT molecular complexity index is 465. The smallest absolute Gasteiger partial charge is 0.243 e. The van der Waals surface area contributed by atoms with Crippen molar-refractivity contribution >= 4 is 10.0 Å². The largest absolute Gasteiger partial charge is 0.330 e. The Morgan fingerprint density at radius 2 is 1.78 bits per heavy atom. The normalized spacial score (nSPS) is 18.9. The molecule has 0 unspecified atom stereocenters. The van der Waals surface area contributed by atoms with Crippen LogP contribution < -0.4 is 5.73 Å². The first kappa shape index (κ1) is 13.5. The van der Waals surface area contributed by atoms with Gasteiger partial charge in [-0.05, 0) is 43.9 Å². The number of nitrogens with zero attached hydrogens (tertiary/aromatic N) is 1. The Morgan fingerprint density at radius 1 is 1.17 bits per heavy atom. The van der Waals surface area contributed by atoms with E-state index in [0.717, 1.165) is 19.3 Å². The molecular weight excluding hydrogens is 248 g/mol. The molecule has 1 saturated heterocycles. The molecule has 0 atom stereocenters. The van der Waals surface area contributed by atoms with Crippen LogP contribution in [0.1, 0.15) is 19.3 Å². The fourth-order valence-corrected chi connectivity index (χ4v) is 3.91. The van der Waals surface area contributed by atoms with Gasteiger partial charge in [-0.15, -0.1) is 0 Å². The molecule has 2 rings (SSSR count). The van der Waals surface area contributed by atoms with Crippen LogP contribution in [-0.2, 0) is 10.0 Å². The van der Waals surface area contributed by atoms with E-state index in [-0.39, 0.29) is 0 Å². The van der Waals surface area contributed by atoms with Gasteiger partial charge in [0, 0.05) is 13.1 Å². The minimum absolute atomic E-state index is 0.391. The lowest BCUT2D eigenvalue weighted by atomic mass is 9.95. The summed E-state index contributed by atoms with van der Waals surface area (Å²) in [5.74, 6) is 0.581. The molecule has 0 saturated carbocycles. The lowest BCUT2D eigenvalue weighted by molar-refractivity contribution is 0.266. The number of nitrogens with two attached hydrogens (primary N) is 1. The maximum atomic E-state index is 12.4. The zero-order valence-electron chi connectivity index (χ0n) is 10.5. The van der Waals surface area contributed by atoms with Crippen molar-refractivity contribution in [1.82, 2.24) is 4.31 Å². The van der Waals surface area contributed by atoms with Crippen molar-refractivity contribution < 1.29 is 8.42 Å². The molecule has 0 radical (unpaired) electrons. The Morgan fingerprint density at radius 3 is 2.33 bits per heavy atom. The van der Waals surface area contributed by atoms with Crippen molar-refractivity contribution in [2.45, 2.75) is 24.2 Å². The van der Waals surface area contributed by atoms with Crippen LogP contribution in [0.5, 0.6) is 0 Å². The number of benzene rings is 1. The van der Waals surface area contributed by atoms with Crippen LogP contribution in [0.4, 0.5) is 0 Å². The highest BCUT2D eigenvalue weighted by Crippen LogP contribution is 2.24. The molecule has 5 heteroatoms. The van der Waals surface area contributed by atoms with Gasteiger partial charge in [0.05, 0.1) is 4.90 Å². The zero-order chi connectivity index (χ0) is 13.0.